The number of nitrogens with one attached hydrogen (secondary N) is 1. The fourth-order valence-corrected chi connectivity index (χ4v) is 5.73. The van der Waals surface area contributed by atoms with Crippen molar-refractivity contribution in [2.75, 3.05) is 5.32 Å². The average Bonchev–Trinajstić information content (AvgIpc) is 3.11. The molecule has 0 saturated heterocycles. The van der Waals surface area contributed by atoms with Gasteiger partial charge in [-0.25, -0.2) is 9.36 Å². The number of rotatable bonds is 15. The molecule has 0 fully saturated rings. The van der Waals surface area contributed by atoms with E-state index in [9.17, 15) is 14.2 Å². The largest absolute Gasteiger partial charge is 0.476 e. The standard InChI is InChI=1S/C37H34NO7P/c39-36(38-34-23-21-33(22-24-34)37(40)42-26-30-15-7-2-8-16-30)35(25-29-13-5-1-6-14-29)45-46(41,43-27-31-17-9-3-10-18-31)44-28-32-19-11-4-12-20-32/h1-24,35H,25-28H2,(H,38,39)/t35-/m0/s1. The van der Waals surface area contributed by atoms with Crippen LogP contribution in [-0.2, 0) is 53.9 Å². The summed E-state index contributed by atoms with van der Waals surface area (Å²) in [5.74, 6) is -1.05. The van der Waals surface area contributed by atoms with Gasteiger partial charge in [-0.1, -0.05) is 121 Å². The molecule has 0 radical (unpaired) electrons. The van der Waals surface area contributed by atoms with Crippen molar-refractivity contribution >= 4 is 25.4 Å². The van der Waals surface area contributed by atoms with Crippen LogP contribution in [0.25, 0.3) is 0 Å². The van der Waals surface area contributed by atoms with Crippen molar-refractivity contribution in [1.82, 2.24) is 0 Å². The van der Waals surface area contributed by atoms with Crippen molar-refractivity contribution in [3.05, 3.63) is 173 Å². The van der Waals surface area contributed by atoms with Crippen LogP contribution in [0.5, 0.6) is 0 Å². The first-order chi connectivity index (χ1) is 22.5. The molecule has 0 aliphatic rings. The molecule has 8 nitrogen and oxygen atoms in total. The summed E-state index contributed by atoms with van der Waals surface area (Å²) in [5, 5.41) is 2.81. The quantitative estimate of drug-likeness (QED) is 0.0915. The second-order valence-corrected chi connectivity index (χ2v) is 12.0. The van der Waals surface area contributed by atoms with Crippen LogP contribution < -0.4 is 5.32 Å². The van der Waals surface area contributed by atoms with E-state index in [1.165, 1.54) is 0 Å². The maximum atomic E-state index is 14.1. The Hall–Kier alpha value is -4.85. The second kappa shape index (κ2) is 16.5. The van der Waals surface area contributed by atoms with Crippen LogP contribution in [-0.4, -0.2) is 18.0 Å². The summed E-state index contributed by atoms with van der Waals surface area (Å²) in [6.45, 7) is 0.0538. The summed E-state index contributed by atoms with van der Waals surface area (Å²) in [5.41, 5.74) is 3.94. The maximum absolute atomic E-state index is 14.1. The Kier molecular flexibility index (Phi) is 11.6. The lowest BCUT2D eigenvalue weighted by atomic mass is 10.1. The van der Waals surface area contributed by atoms with Gasteiger partial charge >= 0.3 is 13.8 Å². The molecule has 9 heteroatoms. The zero-order valence-corrected chi connectivity index (χ0v) is 26.0. The smallest absolute Gasteiger partial charge is 0.457 e. The topological polar surface area (TPSA) is 100 Å². The fraction of sp³-hybridized carbons (Fsp3) is 0.135. The Morgan fingerprint density at radius 2 is 1.00 bits per heavy atom. The van der Waals surface area contributed by atoms with Gasteiger partial charge in [-0.15, -0.1) is 0 Å². The summed E-state index contributed by atoms with van der Waals surface area (Å²) in [4.78, 5) is 26.2. The van der Waals surface area contributed by atoms with Crippen molar-refractivity contribution in [3.63, 3.8) is 0 Å². The van der Waals surface area contributed by atoms with E-state index in [0.717, 1.165) is 22.3 Å². The lowest BCUT2D eigenvalue weighted by Gasteiger charge is -2.24. The second-order valence-electron chi connectivity index (χ2n) is 10.4. The predicted octanol–water partition coefficient (Wildman–Crippen LogP) is 8.15. The summed E-state index contributed by atoms with van der Waals surface area (Å²) in [6, 6.07) is 43.4. The summed E-state index contributed by atoms with van der Waals surface area (Å²) < 4.78 is 37.0. The molecule has 5 aromatic carbocycles. The highest BCUT2D eigenvalue weighted by Crippen LogP contribution is 2.52. The monoisotopic (exact) mass is 635 g/mol. The number of ether oxygens (including phenoxy) is 1. The van der Waals surface area contributed by atoms with Gasteiger partial charge in [0.05, 0.1) is 18.8 Å². The normalized spacial score (nSPS) is 11.8. The highest BCUT2D eigenvalue weighted by Gasteiger charge is 2.35. The number of hydrogen-bond donors (Lipinski definition) is 1. The molecule has 0 spiro atoms. The Bertz CT molecular complexity index is 1670. The van der Waals surface area contributed by atoms with Crippen LogP contribution in [0, 0.1) is 0 Å². The van der Waals surface area contributed by atoms with Gasteiger partial charge in [-0.05, 0) is 46.5 Å². The zero-order valence-electron chi connectivity index (χ0n) is 25.1. The first-order valence-electron chi connectivity index (χ1n) is 14.8. The van der Waals surface area contributed by atoms with Crippen LogP contribution in [0.15, 0.2) is 146 Å². The minimum absolute atomic E-state index is 0.0472. The van der Waals surface area contributed by atoms with Crippen molar-refractivity contribution in [2.45, 2.75) is 32.3 Å². The lowest BCUT2D eigenvalue weighted by Crippen LogP contribution is -2.32. The third kappa shape index (κ3) is 10.1. The van der Waals surface area contributed by atoms with Gasteiger partial charge in [0.1, 0.15) is 6.61 Å². The van der Waals surface area contributed by atoms with E-state index in [-0.39, 0.29) is 26.2 Å². The molecule has 1 atom stereocenters. The number of carbonyl (C=O) groups is 2. The number of hydrogen-bond acceptors (Lipinski definition) is 7. The Balaban J connectivity index is 1.30. The molecule has 234 valence electrons. The molecule has 5 rings (SSSR count). The van der Waals surface area contributed by atoms with Crippen molar-refractivity contribution < 1.29 is 32.5 Å². The van der Waals surface area contributed by atoms with Crippen molar-refractivity contribution in [2.24, 2.45) is 0 Å². The summed E-state index contributed by atoms with van der Waals surface area (Å²) >= 11 is 0. The molecule has 0 saturated carbocycles. The zero-order chi connectivity index (χ0) is 32.0. The van der Waals surface area contributed by atoms with Crippen LogP contribution in [0.4, 0.5) is 5.69 Å². The first kappa shape index (κ1) is 32.5. The van der Waals surface area contributed by atoms with Crippen LogP contribution in [0.1, 0.15) is 32.6 Å². The van der Waals surface area contributed by atoms with E-state index in [1.807, 2.05) is 121 Å². The minimum Gasteiger partial charge on any atom is -0.457 e. The highest BCUT2D eigenvalue weighted by molar-refractivity contribution is 7.48. The fourth-order valence-electron chi connectivity index (χ4n) is 4.43. The predicted molar refractivity (Wildman–Crippen MR) is 176 cm³/mol. The van der Waals surface area contributed by atoms with Gasteiger partial charge in [-0.3, -0.25) is 18.4 Å². The SMILES string of the molecule is O=C(OCc1ccccc1)c1ccc(NC(=O)[C@H](Cc2ccccc2)OP(=O)(OCc2ccccc2)OCc2ccccc2)cc1. The van der Waals surface area contributed by atoms with E-state index in [1.54, 1.807) is 24.3 Å². The molecule has 0 heterocycles. The van der Waals surface area contributed by atoms with Crippen LogP contribution >= 0.6 is 7.82 Å². The average molecular weight is 636 g/mol. The van der Waals surface area contributed by atoms with E-state index < -0.39 is 25.8 Å². The van der Waals surface area contributed by atoms with Gasteiger partial charge in [0.25, 0.3) is 5.91 Å². The number of amides is 1. The van der Waals surface area contributed by atoms with Crippen LogP contribution in [0.3, 0.4) is 0 Å². The Morgan fingerprint density at radius 1 is 0.565 bits per heavy atom. The van der Waals surface area contributed by atoms with Gasteiger partial charge in [0, 0.05) is 12.1 Å². The maximum Gasteiger partial charge on any atom is 0.476 e. The third-order valence-corrected chi connectivity index (χ3v) is 8.28. The van der Waals surface area contributed by atoms with Gasteiger partial charge in [-0.2, -0.15) is 0 Å². The van der Waals surface area contributed by atoms with Gasteiger partial charge in [0.2, 0.25) is 0 Å². The Morgan fingerprint density at radius 3 is 1.48 bits per heavy atom. The molecule has 0 aliphatic heterocycles. The van der Waals surface area contributed by atoms with Crippen molar-refractivity contribution in [3.8, 4) is 0 Å². The minimum atomic E-state index is -4.28. The van der Waals surface area contributed by atoms with Gasteiger partial charge < -0.3 is 10.1 Å². The number of esters is 1. The van der Waals surface area contributed by atoms with E-state index in [2.05, 4.69) is 5.32 Å². The molecule has 0 bridgehead atoms. The van der Waals surface area contributed by atoms with Crippen LogP contribution in [0.2, 0.25) is 0 Å². The van der Waals surface area contributed by atoms with E-state index >= 15 is 0 Å². The Labute approximate surface area is 268 Å². The number of carbonyl (C=O) groups excluding carboxylic acids is 2. The highest BCUT2D eigenvalue weighted by atomic mass is 31.2. The number of benzene rings is 5. The molecule has 5 aromatic rings. The van der Waals surface area contributed by atoms with E-state index in [4.69, 9.17) is 18.3 Å². The molecule has 46 heavy (non-hydrogen) atoms. The lowest BCUT2D eigenvalue weighted by molar-refractivity contribution is -0.124. The number of phosphoric acid groups is 1. The summed E-state index contributed by atoms with van der Waals surface area (Å²) in [6.07, 6.45) is -1.14. The molecule has 0 unspecified atom stereocenters. The first-order valence-corrected chi connectivity index (χ1v) is 16.2. The number of phosphoric ester groups is 1. The summed E-state index contributed by atoms with van der Waals surface area (Å²) in [7, 11) is -4.28. The molecule has 0 aromatic heterocycles. The number of anilines is 1. The third-order valence-electron chi connectivity index (χ3n) is 6.88. The molecule has 1 N–H and O–H groups in total. The molecular formula is C37H34NO7P. The van der Waals surface area contributed by atoms with Crippen molar-refractivity contribution in [1.29, 1.82) is 0 Å². The van der Waals surface area contributed by atoms with E-state index in [0.29, 0.717) is 11.3 Å². The molecule has 0 aliphatic carbocycles. The molecule has 1 amide bonds. The van der Waals surface area contributed by atoms with Gasteiger partial charge in [0.15, 0.2) is 6.10 Å². The molecular weight excluding hydrogens is 601 g/mol.